The summed E-state index contributed by atoms with van der Waals surface area (Å²) in [7, 11) is 0. The standard InChI is InChI=1S/C18H22O6/c1-2-24-17(23)11-13-10-14(20)12-16(22)18(13)15(21)8-6-4-3-5-7-9-19/h3-4,6,8,10,12,19-20,22H,2,5,7,9,11H2,1H3. The molecule has 130 valence electrons. The van der Waals surface area contributed by atoms with Crippen molar-refractivity contribution in [3.8, 4) is 11.5 Å². The van der Waals surface area contributed by atoms with E-state index < -0.39 is 17.5 Å². The summed E-state index contributed by atoms with van der Waals surface area (Å²) in [6.45, 7) is 1.97. The van der Waals surface area contributed by atoms with Crippen molar-refractivity contribution >= 4 is 11.8 Å². The smallest absolute Gasteiger partial charge is 0.310 e. The Morgan fingerprint density at radius 1 is 1.21 bits per heavy atom. The number of carbonyl (C=O) groups is 2. The van der Waals surface area contributed by atoms with Gasteiger partial charge in [-0.3, -0.25) is 9.59 Å². The molecule has 0 fully saturated rings. The SMILES string of the molecule is CCOC(=O)Cc1cc(O)cc(O)c1C(=O)C=CC=CCCCO. The van der Waals surface area contributed by atoms with Crippen LogP contribution in [0.3, 0.4) is 0 Å². The summed E-state index contributed by atoms with van der Waals surface area (Å²) in [6, 6.07) is 2.31. The van der Waals surface area contributed by atoms with E-state index >= 15 is 0 Å². The van der Waals surface area contributed by atoms with E-state index in [-0.39, 0.29) is 36.5 Å². The predicted octanol–water partition coefficient (Wildman–Crippen LogP) is 2.27. The van der Waals surface area contributed by atoms with Crippen LogP contribution >= 0.6 is 0 Å². The minimum atomic E-state index is -0.551. The molecule has 1 aromatic rings. The Morgan fingerprint density at radius 3 is 2.62 bits per heavy atom. The number of aliphatic hydroxyl groups excluding tert-OH is 1. The van der Waals surface area contributed by atoms with E-state index in [0.717, 1.165) is 6.07 Å². The van der Waals surface area contributed by atoms with Crippen molar-refractivity contribution in [2.75, 3.05) is 13.2 Å². The Balaban J connectivity index is 2.95. The lowest BCUT2D eigenvalue weighted by Crippen LogP contribution is -2.11. The number of hydrogen-bond donors (Lipinski definition) is 3. The zero-order chi connectivity index (χ0) is 17.9. The molecule has 0 radical (unpaired) electrons. The van der Waals surface area contributed by atoms with Crippen LogP contribution in [0.4, 0.5) is 0 Å². The molecule has 0 bridgehead atoms. The first kappa shape index (κ1) is 19.4. The van der Waals surface area contributed by atoms with Crippen LogP contribution in [0.5, 0.6) is 11.5 Å². The van der Waals surface area contributed by atoms with Gasteiger partial charge in [-0.15, -0.1) is 0 Å². The van der Waals surface area contributed by atoms with Gasteiger partial charge in [0, 0.05) is 12.7 Å². The zero-order valence-electron chi connectivity index (χ0n) is 13.6. The Morgan fingerprint density at radius 2 is 1.96 bits per heavy atom. The van der Waals surface area contributed by atoms with Gasteiger partial charge in [-0.05, 0) is 37.5 Å². The predicted molar refractivity (Wildman–Crippen MR) is 89.0 cm³/mol. The highest BCUT2D eigenvalue weighted by Crippen LogP contribution is 2.28. The van der Waals surface area contributed by atoms with Gasteiger partial charge >= 0.3 is 5.97 Å². The summed E-state index contributed by atoms with van der Waals surface area (Å²) in [6.07, 6.45) is 7.34. The van der Waals surface area contributed by atoms with Crippen molar-refractivity contribution < 1.29 is 29.6 Å². The number of allylic oxidation sites excluding steroid dienone is 4. The molecule has 0 atom stereocenters. The monoisotopic (exact) mass is 334 g/mol. The number of hydrogen-bond acceptors (Lipinski definition) is 6. The summed E-state index contributed by atoms with van der Waals surface area (Å²) in [5.74, 6) is -1.67. The molecule has 3 N–H and O–H groups in total. The minimum Gasteiger partial charge on any atom is -0.508 e. The maximum Gasteiger partial charge on any atom is 0.310 e. The second kappa shape index (κ2) is 10.2. The molecule has 6 heteroatoms. The molecule has 0 amide bonds. The van der Waals surface area contributed by atoms with Crippen molar-refractivity contribution in [2.45, 2.75) is 26.2 Å². The van der Waals surface area contributed by atoms with Crippen LogP contribution in [-0.2, 0) is 16.0 Å². The van der Waals surface area contributed by atoms with Crippen molar-refractivity contribution in [3.05, 3.63) is 47.6 Å². The van der Waals surface area contributed by atoms with Crippen molar-refractivity contribution in [1.29, 1.82) is 0 Å². The lowest BCUT2D eigenvalue weighted by atomic mass is 9.99. The summed E-state index contributed by atoms with van der Waals surface area (Å²) in [5, 5.41) is 28.2. The maximum absolute atomic E-state index is 12.3. The topological polar surface area (TPSA) is 104 Å². The van der Waals surface area contributed by atoms with E-state index in [1.54, 1.807) is 19.1 Å². The molecule has 0 spiro atoms. The van der Waals surface area contributed by atoms with E-state index in [1.165, 1.54) is 18.2 Å². The van der Waals surface area contributed by atoms with E-state index in [1.807, 2.05) is 0 Å². The third-order valence-corrected chi connectivity index (χ3v) is 3.09. The molecule has 0 aliphatic carbocycles. The van der Waals surface area contributed by atoms with Crippen LogP contribution in [-0.4, -0.2) is 40.3 Å². The van der Waals surface area contributed by atoms with Crippen LogP contribution in [0.2, 0.25) is 0 Å². The lowest BCUT2D eigenvalue weighted by Gasteiger charge is -2.09. The molecule has 1 rings (SSSR count). The number of phenolic OH excluding ortho intramolecular Hbond substituents is 2. The summed E-state index contributed by atoms with van der Waals surface area (Å²) >= 11 is 0. The fraction of sp³-hybridized carbons (Fsp3) is 0.333. The first-order chi connectivity index (χ1) is 11.5. The Hall–Kier alpha value is -2.60. The first-order valence-corrected chi connectivity index (χ1v) is 7.68. The second-order valence-electron chi connectivity index (χ2n) is 5.00. The van der Waals surface area contributed by atoms with Gasteiger partial charge < -0.3 is 20.1 Å². The van der Waals surface area contributed by atoms with Gasteiger partial charge in [-0.2, -0.15) is 0 Å². The number of esters is 1. The quantitative estimate of drug-likeness (QED) is 0.210. The number of ether oxygens (including phenoxy) is 1. The van der Waals surface area contributed by atoms with Gasteiger partial charge in [0.25, 0.3) is 0 Å². The Kier molecular flexibility index (Phi) is 8.29. The highest BCUT2D eigenvalue weighted by Gasteiger charge is 2.18. The molecule has 0 aliphatic heterocycles. The number of aromatic hydroxyl groups is 2. The summed E-state index contributed by atoms with van der Waals surface area (Å²) in [4.78, 5) is 23.9. The van der Waals surface area contributed by atoms with Gasteiger partial charge in [0.1, 0.15) is 11.5 Å². The van der Waals surface area contributed by atoms with Crippen LogP contribution in [0.15, 0.2) is 36.4 Å². The number of phenols is 2. The van der Waals surface area contributed by atoms with Gasteiger partial charge in [-0.25, -0.2) is 0 Å². The van der Waals surface area contributed by atoms with Crippen LogP contribution in [0.25, 0.3) is 0 Å². The van der Waals surface area contributed by atoms with E-state index in [2.05, 4.69) is 0 Å². The minimum absolute atomic E-state index is 0.0409. The van der Waals surface area contributed by atoms with Gasteiger partial charge in [0.2, 0.25) is 0 Å². The number of benzene rings is 1. The molecule has 0 aromatic heterocycles. The van der Waals surface area contributed by atoms with Gasteiger partial charge in [0.05, 0.1) is 18.6 Å². The first-order valence-electron chi connectivity index (χ1n) is 7.68. The molecule has 0 aliphatic rings. The van der Waals surface area contributed by atoms with Crippen molar-refractivity contribution in [3.63, 3.8) is 0 Å². The van der Waals surface area contributed by atoms with Crippen molar-refractivity contribution in [2.24, 2.45) is 0 Å². The fourth-order valence-corrected chi connectivity index (χ4v) is 2.07. The molecular formula is C18H22O6. The molecule has 0 unspecified atom stereocenters. The maximum atomic E-state index is 12.3. The Bertz CT molecular complexity index is 631. The fourth-order valence-electron chi connectivity index (χ4n) is 2.07. The van der Waals surface area contributed by atoms with Gasteiger partial charge in [0.15, 0.2) is 5.78 Å². The second-order valence-corrected chi connectivity index (χ2v) is 5.00. The lowest BCUT2D eigenvalue weighted by molar-refractivity contribution is -0.142. The zero-order valence-corrected chi connectivity index (χ0v) is 13.6. The van der Waals surface area contributed by atoms with E-state index in [4.69, 9.17) is 9.84 Å². The number of ketones is 1. The normalized spacial score (nSPS) is 11.2. The molecule has 6 nitrogen and oxygen atoms in total. The largest absolute Gasteiger partial charge is 0.508 e. The average Bonchev–Trinajstić information content (AvgIpc) is 2.50. The molecule has 0 saturated heterocycles. The number of carbonyl (C=O) groups excluding carboxylic acids is 2. The van der Waals surface area contributed by atoms with Crippen LogP contribution in [0.1, 0.15) is 35.7 Å². The van der Waals surface area contributed by atoms with E-state index in [9.17, 15) is 19.8 Å². The van der Waals surface area contributed by atoms with Gasteiger partial charge in [-0.1, -0.05) is 18.2 Å². The third kappa shape index (κ3) is 6.26. The third-order valence-electron chi connectivity index (χ3n) is 3.09. The molecule has 0 saturated carbocycles. The molecular weight excluding hydrogens is 312 g/mol. The molecule has 0 heterocycles. The van der Waals surface area contributed by atoms with E-state index in [0.29, 0.717) is 12.8 Å². The number of aliphatic hydroxyl groups is 1. The number of rotatable bonds is 9. The van der Waals surface area contributed by atoms with Crippen LogP contribution in [0, 0.1) is 0 Å². The highest BCUT2D eigenvalue weighted by molar-refractivity contribution is 6.08. The van der Waals surface area contributed by atoms with Crippen molar-refractivity contribution in [1.82, 2.24) is 0 Å². The highest BCUT2D eigenvalue weighted by atomic mass is 16.5. The Labute approximate surface area is 140 Å². The number of unbranched alkanes of at least 4 members (excludes halogenated alkanes) is 1. The molecule has 24 heavy (non-hydrogen) atoms. The summed E-state index contributed by atoms with van der Waals surface area (Å²) in [5.41, 5.74) is 0.158. The summed E-state index contributed by atoms with van der Waals surface area (Å²) < 4.78 is 4.83. The molecule has 1 aromatic carbocycles. The average molecular weight is 334 g/mol. The van der Waals surface area contributed by atoms with Crippen LogP contribution < -0.4 is 0 Å².